The third-order valence-electron chi connectivity index (χ3n) is 2.69. The first-order chi connectivity index (χ1) is 9.85. The van der Waals surface area contributed by atoms with Gasteiger partial charge in [0.2, 0.25) is 0 Å². The van der Waals surface area contributed by atoms with Crippen LogP contribution in [0.2, 0.25) is 0 Å². The van der Waals surface area contributed by atoms with E-state index < -0.39 is 23.9 Å². The van der Waals surface area contributed by atoms with Gasteiger partial charge in [0.15, 0.2) is 0 Å². The molecule has 8 nitrogen and oxygen atoms in total. The van der Waals surface area contributed by atoms with E-state index in [1.165, 1.54) is 12.1 Å². The smallest absolute Gasteiger partial charge is 0.326 e. The maximum absolute atomic E-state index is 11.9. The monoisotopic (exact) mass is 291 g/mol. The summed E-state index contributed by atoms with van der Waals surface area (Å²) in [6, 6.07) is 3.30. The minimum absolute atomic E-state index is 0.0342. The molecule has 0 aliphatic heterocycles. The van der Waals surface area contributed by atoms with Crippen molar-refractivity contribution in [2.75, 3.05) is 0 Å². The van der Waals surface area contributed by atoms with Gasteiger partial charge in [-0.15, -0.1) is 0 Å². The highest BCUT2D eigenvalue weighted by atomic mass is 16.4. The Bertz CT molecular complexity index is 621. The molecule has 0 bridgehead atoms. The Morgan fingerprint density at radius 1 is 1.38 bits per heavy atom. The molecule has 21 heavy (non-hydrogen) atoms. The predicted octanol–water partition coefficient (Wildman–Crippen LogP) is 0.309. The molecular weight excluding hydrogens is 278 g/mol. The molecule has 0 fully saturated rings. The van der Waals surface area contributed by atoms with Crippen LogP contribution in [0.3, 0.4) is 0 Å². The van der Waals surface area contributed by atoms with E-state index in [0.29, 0.717) is 11.3 Å². The number of nitrogens with zero attached hydrogens (tertiary/aromatic N) is 2. The minimum Gasteiger partial charge on any atom is -0.481 e. The lowest BCUT2D eigenvalue weighted by Crippen LogP contribution is -2.41. The summed E-state index contributed by atoms with van der Waals surface area (Å²) in [6.45, 7) is 1.55. The van der Waals surface area contributed by atoms with Gasteiger partial charge in [0.1, 0.15) is 17.8 Å². The van der Waals surface area contributed by atoms with Crippen molar-refractivity contribution in [1.82, 2.24) is 10.3 Å². The van der Waals surface area contributed by atoms with Gasteiger partial charge in [-0.3, -0.25) is 9.59 Å². The fourth-order valence-corrected chi connectivity index (χ4v) is 1.56. The van der Waals surface area contributed by atoms with Gasteiger partial charge in [-0.05, 0) is 25.5 Å². The van der Waals surface area contributed by atoms with E-state index in [1.54, 1.807) is 6.92 Å². The van der Waals surface area contributed by atoms with Gasteiger partial charge in [-0.2, -0.15) is 5.26 Å². The molecule has 1 aromatic rings. The van der Waals surface area contributed by atoms with Crippen LogP contribution in [0.4, 0.5) is 0 Å². The lowest BCUT2D eigenvalue weighted by atomic mass is 10.1. The first-order valence-corrected chi connectivity index (χ1v) is 5.98. The van der Waals surface area contributed by atoms with Crippen molar-refractivity contribution in [3.05, 3.63) is 29.1 Å². The summed E-state index contributed by atoms with van der Waals surface area (Å²) in [5.41, 5.74) is 0.628. The third kappa shape index (κ3) is 4.58. The van der Waals surface area contributed by atoms with Crippen molar-refractivity contribution in [1.29, 1.82) is 5.26 Å². The molecule has 0 saturated heterocycles. The quantitative estimate of drug-likeness (QED) is 0.684. The maximum atomic E-state index is 11.9. The average Bonchev–Trinajstić information content (AvgIpc) is 2.42. The molecule has 1 unspecified atom stereocenters. The molecule has 110 valence electrons. The number of aliphatic carboxylic acids is 2. The number of amides is 1. The van der Waals surface area contributed by atoms with Gasteiger partial charge in [0, 0.05) is 6.42 Å². The van der Waals surface area contributed by atoms with E-state index in [9.17, 15) is 14.4 Å². The normalized spacial score (nSPS) is 11.2. The summed E-state index contributed by atoms with van der Waals surface area (Å²) in [5, 5.41) is 28.5. The number of carbonyl (C=O) groups is 3. The summed E-state index contributed by atoms with van der Waals surface area (Å²) in [7, 11) is 0. The number of hydrogen-bond donors (Lipinski definition) is 3. The van der Waals surface area contributed by atoms with Crippen molar-refractivity contribution in [3.63, 3.8) is 0 Å². The summed E-state index contributed by atoms with van der Waals surface area (Å²) in [6.07, 6.45) is -0.608. The molecule has 0 aromatic carbocycles. The van der Waals surface area contributed by atoms with Crippen molar-refractivity contribution in [2.24, 2.45) is 0 Å². The molecule has 1 atom stereocenters. The lowest BCUT2D eigenvalue weighted by Gasteiger charge is -2.13. The number of nitriles is 1. The average molecular weight is 291 g/mol. The first-order valence-electron chi connectivity index (χ1n) is 5.98. The molecule has 1 rings (SSSR count). The van der Waals surface area contributed by atoms with Crippen LogP contribution in [-0.4, -0.2) is 39.1 Å². The molecule has 8 heteroatoms. The van der Waals surface area contributed by atoms with E-state index in [0.717, 1.165) is 0 Å². The van der Waals surface area contributed by atoms with Gasteiger partial charge >= 0.3 is 11.9 Å². The number of rotatable bonds is 6. The zero-order chi connectivity index (χ0) is 16.0. The zero-order valence-electron chi connectivity index (χ0n) is 11.2. The van der Waals surface area contributed by atoms with Gasteiger partial charge < -0.3 is 15.5 Å². The topological polar surface area (TPSA) is 140 Å². The van der Waals surface area contributed by atoms with E-state index in [-0.39, 0.29) is 18.5 Å². The van der Waals surface area contributed by atoms with Crippen LogP contribution in [0.5, 0.6) is 0 Å². The Balaban J connectivity index is 2.82. The summed E-state index contributed by atoms with van der Waals surface area (Å²) in [4.78, 5) is 37.2. The van der Waals surface area contributed by atoms with Crippen LogP contribution in [-0.2, 0) is 9.59 Å². The van der Waals surface area contributed by atoms with Crippen molar-refractivity contribution < 1.29 is 24.6 Å². The number of aromatic nitrogens is 1. The molecule has 0 aliphatic carbocycles. The van der Waals surface area contributed by atoms with Crippen molar-refractivity contribution >= 4 is 17.8 Å². The maximum Gasteiger partial charge on any atom is 0.326 e. The molecule has 3 N–H and O–H groups in total. The fourth-order valence-electron chi connectivity index (χ4n) is 1.56. The number of hydrogen-bond acceptors (Lipinski definition) is 5. The number of nitrogens with one attached hydrogen (secondary N) is 1. The highest BCUT2D eigenvalue weighted by Gasteiger charge is 2.22. The molecule has 0 spiro atoms. The van der Waals surface area contributed by atoms with Gasteiger partial charge in [-0.25, -0.2) is 9.78 Å². The summed E-state index contributed by atoms with van der Waals surface area (Å²) < 4.78 is 0. The SMILES string of the molecule is Cc1nc(C(=O)NC(CCC(=O)O)C(=O)O)ccc1C#N. The largest absolute Gasteiger partial charge is 0.481 e. The van der Waals surface area contributed by atoms with Crippen LogP contribution in [0, 0.1) is 18.3 Å². The standard InChI is InChI=1S/C13H13N3O5/c1-7-8(6-14)2-3-9(15-7)12(19)16-10(13(20)21)4-5-11(17)18/h2-3,10H,4-5H2,1H3,(H,16,19)(H,17,18)(H,20,21). The molecule has 0 radical (unpaired) electrons. The highest BCUT2D eigenvalue weighted by molar-refractivity contribution is 5.95. The second kappa shape index (κ2) is 7.00. The molecule has 0 saturated carbocycles. The van der Waals surface area contributed by atoms with Gasteiger partial charge in [0.25, 0.3) is 5.91 Å². The Labute approximate surface area is 120 Å². The van der Waals surface area contributed by atoms with E-state index >= 15 is 0 Å². The predicted molar refractivity (Wildman–Crippen MR) is 69.4 cm³/mol. The molecule has 1 amide bonds. The third-order valence-corrected chi connectivity index (χ3v) is 2.69. The van der Waals surface area contributed by atoms with Gasteiger partial charge in [0.05, 0.1) is 11.3 Å². The van der Waals surface area contributed by atoms with Crippen LogP contribution in [0.1, 0.15) is 34.6 Å². The Kier molecular flexibility index (Phi) is 5.37. The van der Waals surface area contributed by atoms with E-state index in [4.69, 9.17) is 15.5 Å². The summed E-state index contributed by atoms with van der Waals surface area (Å²) >= 11 is 0. The Hall–Kier alpha value is -2.95. The number of carboxylic acids is 2. The lowest BCUT2D eigenvalue weighted by molar-refractivity contribution is -0.140. The van der Waals surface area contributed by atoms with Gasteiger partial charge in [-0.1, -0.05) is 0 Å². The van der Waals surface area contributed by atoms with Crippen LogP contribution >= 0.6 is 0 Å². The van der Waals surface area contributed by atoms with E-state index in [2.05, 4.69) is 10.3 Å². The Morgan fingerprint density at radius 2 is 2.05 bits per heavy atom. The summed E-state index contributed by atoms with van der Waals surface area (Å²) in [5.74, 6) is -3.21. The second-order valence-electron chi connectivity index (χ2n) is 4.24. The highest BCUT2D eigenvalue weighted by Crippen LogP contribution is 2.06. The second-order valence-corrected chi connectivity index (χ2v) is 4.24. The van der Waals surface area contributed by atoms with E-state index in [1.807, 2.05) is 6.07 Å². The Morgan fingerprint density at radius 3 is 2.52 bits per heavy atom. The zero-order valence-corrected chi connectivity index (χ0v) is 11.2. The number of carbonyl (C=O) groups excluding carboxylic acids is 1. The van der Waals surface area contributed by atoms with Crippen molar-refractivity contribution in [3.8, 4) is 6.07 Å². The number of carboxylic acid groups (broad SMARTS) is 2. The van der Waals surface area contributed by atoms with Crippen LogP contribution in [0.15, 0.2) is 12.1 Å². The molecule has 1 heterocycles. The van der Waals surface area contributed by atoms with Crippen LogP contribution < -0.4 is 5.32 Å². The fraction of sp³-hybridized carbons (Fsp3) is 0.308. The molecule has 1 aromatic heterocycles. The molecular formula is C13H13N3O5. The molecule has 0 aliphatic rings. The first kappa shape index (κ1) is 16.1. The number of aryl methyl sites for hydroxylation is 1. The minimum atomic E-state index is -1.32. The van der Waals surface area contributed by atoms with Crippen molar-refractivity contribution in [2.45, 2.75) is 25.8 Å². The number of pyridine rings is 1. The van der Waals surface area contributed by atoms with Crippen LogP contribution in [0.25, 0.3) is 0 Å².